The van der Waals surface area contributed by atoms with Crippen molar-refractivity contribution in [3.05, 3.63) is 64.7 Å². The van der Waals surface area contributed by atoms with E-state index in [-0.39, 0.29) is 5.97 Å². The lowest BCUT2D eigenvalue weighted by atomic mass is 10.0. The molecule has 0 bridgehead atoms. The Morgan fingerprint density at radius 3 is 2.71 bits per heavy atom. The number of para-hydroxylation sites is 1. The highest BCUT2D eigenvalue weighted by atomic mass is 35.5. The van der Waals surface area contributed by atoms with Gasteiger partial charge < -0.3 is 20.1 Å². The topological polar surface area (TPSA) is 61.8 Å². The van der Waals surface area contributed by atoms with Gasteiger partial charge in [0.05, 0.1) is 24.0 Å². The summed E-state index contributed by atoms with van der Waals surface area (Å²) in [6.07, 6.45) is 1.31. The number of piperidine rings is 1. The number of aliphatic hydroxyl groups excluding tert-OH is 1. The summed E-state index contributed by atoms with van der Waals surface area (Å²) in [5.41, 5.74) is 2.37. The molecule has 1 aliphatic heterocycles. The molecule has 2 aromatic carbocycles. The molecular weight excluding hydrogens is 376 g/mol. The molecule has 0 aromatic heterocycles. The number of rotatable bonds is 7. The van der Waals surface area contributed by atoms with Crippen LogP contribution in [0.5, 0.6) is 0 Å². The Morgan fingerprint density at radius 1 is 1.25 bits per heavy atom. The van der Waals surface area contributed by atoms with E-state index in [9.17, 15) is 9.90 Å². The van der Waals surface area contributed by atoms with E-state index in [0.29, 0.717) is 29.8 Å². The number of esters is 1. The van der Waals surface area contributed by atoms with Crippen molar-refractivity contribution < 1.29 is 14.6 Å². The summed E-state index contributed by atoms with van der Waals surface area (Å²) >= 11 is 6.00. The Kier molecular flexibility index (Phi) is 7.31. The Hall–Kier alpha value is -2.08. The van der Waals surface area contributed by atoms with Gasteiger partial charge in [-0.3, -0.25) is 0 Å². The molecule has 5 nitrogen and oxygen atoms in total. The molecule has 1 saturated heterocycles. The molecule has 2 aromatic rings. The predicted octanol–water partition coefficient (Wildman–Crippen LogP) is 3.81. The van der Waals surface area contributed by atoms with Gasteiger partial charge in [0, 0.05) is 30.7 Å². The minimum atomic E-state index is -0.582. The Morgan fingerprint density at radius 2 is 2.00 bits per heavy atom. The van der Waals surface area contributed by atoms with E-state index in [0.717, 1.165) is 37.2 Å². The second-order valence-corrected chi connectivity index (χ2v) is 7.41. The zero-order valence-electron chi connectivity index (χ0n) is 16.1. The maximum atomic E-state index is 12.2. The van der Waals surface area contributed by atoms with Crippen molar-refractivity contribution in [2.24, 2.45) is 0 Å². The highest BCUT2D eigenvalue weighted by Crippen LogP contribution is 2.25. The number of hydrogen-bond acceptors (Lipinski definition) is 5. The summed E-state index contributed by atoms with van der Waals surface area (Å²) in [4.78, 5) is 14.4. The van der Waals surface area contributed by atoms with Crippen molar-refractivity contribution in [1.29, 1.82) is 0 Å². The summed E-state index contributed by atoms with van der Waals surface area (Å²) in [6.45, 7) is 4.37. The molecule has 2 N–H and O–H groups in total. The lowest BCUT2D eigenvalue weighted by Gasteiger charge is -2.35. The van der Waals surface area contributed by atoms with Crippen molar-refractivity contribution in [2.75, 3.05) is 31.1 Å². The highest BCUT2D eigenvalue weighted by molar-refractivity contribution is 6.30. The SMILES string of the molecule is CCOC(=O)c1ccccc1N1CCC(NC[C@H](O)c2cccc(Cl)c2)CC1. The fourth-order valence-electron chi connectivity index (χ4n) is 3.57. The van der Waals surface area contributed by atoms with Gasteiger partial charge in [0.1, 0.15) is 0 Å². The number of ether oxygens (including phenoxy) is 1. The molecular formula is C22H27ClN2O3. The molecule has 0 unspecified atom stereocenters. The maximum Gasteiger partial charge on any atom is 0.340 e. The third-order valence-electron chi connectivity index (χ3n) is 5.07. The van der Waals surface area contributed by atoms with Crippen LogP contribution in [0.1, 0.15) is 41.8 Å². The zero-order chi connectivity index (χ0) is 19.9. The van der Waals surface area contributed by atoms with Gasteiger partial charge in [-0.25, -0.2) is 4.79 Å². The Labute approximate surface area is 171 Å². The number of halogens is 1. The molecule has 0 radical (unpaired) electrons. The van der Waals surface area contributed by atoms with Crippen LogP contribution in [0.3, 0.4) is 0 Å². The highest BCUT2D eigenvalue weighted by Gasteiger charge is 2.23. The maximum absolute atomic E-state index is 12.2. The monoisotopic (exact) mass is 402 g/mol. The number of benzene rings is 2. The van der Waals surface area contributed by atoms with Crippen LogP contribution in [-0.2, 0) is 4.74 Å². The number of nitrogens with one attached hydrogen (secondary N) is 1. The largest absolute Gasteiger partial charge is 0.462 e. The van der Waals surface area contributed by atoms with Crippen LogP contribution in [0.15, 0.2) is 48.5 Å². The summed E-state index contributed by atoms with van der Waals surface area (Å²) in [7, 11) is 0. The molecule has 1 heterocycles. The zero-order valence-corrected chi connectivity index (χ0v) is 16.9. The minimum absolute atomic E-state index is 0.275. The van der Waals surface area contributed by atoms with Crippen LogP contribution in [-0.4, -0.2) is 43.4 Å². The van der Waals surface area contributed by atoms with Crippen molar-refractivity contribution in [3.8, 4) is 0 Å². The van der Waals surface area contributed by atoms with Gasteiger partial charge in [0.25, 0.3) is 0 Å². The Balaban J connectivity index is 1.53. The minimum Gasteiger partial charge on any atom is -0.462 e. The standard InChI is InChI=1S/C22H27ClN2O3/c1-2-28-22(27)19-8-3-4-9-20(19)25-12-10-18(11-13-25)24-15-21(26)16-6-5-7-17(23)14-16/h3-9,14,18,21,24,26H,2,10-13,15H2,1H3/t21-/m0/s1. The van der Waals surface area contributed by atoms with E-state index in [1.807, 2.05) is 43.3 Å². The third kappa shape index (κ3) is 5.25. The number of anilines is 1. The van der Waals surface area contributed by atoms with Gasteiger partial charge in [-0.1, -0.05) is 35.9 Å². The van der Waals surface area contributed by atoms with Crippen molar-refractivity contribution >= 4 is 23.3 Å². The average Bonchev–Trinajstić information content (AvgIpc) is 2.72. The second kappa shape index (κ2) is 9.92. The van der Waals surface area contributed by atoms with Crippen molar-refractivity contribution in [1.82, 2.24) is 5.32 Å². The summed E-state index contributed by atoms with van der Waals surface area (Å²) in [6, 6.07) is 15.3. The normalized spacial score (nSPS) is 16.0. The molecule has 28 heavy (non-hydrogen) atoms. The number of aliphatic hydroxyl groups is 1. The fourth-order valence-corrected chi connectivity index (χ4v) is 3.76. The molecule has 1 fully saturated rings. The molecule has 3 rings (SSSR count). The Bertz CT molecular complexity index is 791. The van der Waals surface area contributed by atoms with Gasteiger partial charge in [-0.15, -0.1) is 0 Å². The molecule has 0 saturated carbocycles. The first-order valence-corrected chi connectivity index (χ1v) is 10.1. The molecule has 0 amide bonds. The second-order valence-electron chi connectivity index (χ2n) is 6.98. The van der Waals surface area contributed by atoms with Crippen molar-refractivity contribution in [3.63, 3.8) is 0 Å². The van der Waals surface area contributed by atoms with Gasteiger partial charge >= 0.3 is 5.97 Å². The van der Waals surface area contributed by atoms with Crippen LogP contribution in [0.25, 0.3) is 0 Å². The number of carbonyl (C=O) groups excluding carboxylic acids is 1. The lowest BCUT2D eigenvalue weighted by molar-refractivity contribution is 0.0527. The first-order valence-electron chi connectivity index (χ1n) is 9.76. The van der Waals surface area contributed by atoms with E-state index < -0.39 is 6.10 Å². The van der Waals surface area contributed by atoms with Gasteiger partial charge in [0.15, 0.2) is 0 Å². The smallest absolute Gasteiger partial charge is 0.340 e. The van der Waals surface area contributed by atoms with Crippen LogP contribution in [0, 0.1) is 0 Å². The van der Waals surface area contributed by atoms with Crippen LogP contribution in [0.2, 0.25) is 5.02 Å². The summed E-state index contributed by atoms with van der Waals surface area (Å²) < 4.78 is 5.18. The summed E-state index contributed by atoms with van der Waals surface area (Å²) in [5.74, 6) is -0.275. The first-order chi connectivity index (χ1) is 13.6. The van der Waals surface area contributed by atoms with Gasteiger partial charge in [-0.05, 0) is 49.6 Å². The van der Waals surface area contributed by atoms with Crippen molar-refractivity contribution in [2.45, 2.75) is 31.9 Å². The number of hydrogen-bond donors (Lipinski definition) is 2. The molecule has 1 aliphatic rings. The molecule has 150 valence electrons. The third-order valence-corrected chi connectivity index (χ3v) is 5.30. The van der Waals surface area contributed by atoms with Gasteiger partial charge in [-0.2, -0.15) is 0 Å². The lowest BCUT2D eigenvalue weighted by Crippen LogP contribution is -2.44. The number of carbonyl (C=O) groups is 1. The average molecular weight is 403 g/mol. The first kappa shape index (κ1) is 20.6. The van der Waals surface area contributed by atoms with Crippen LogP contribution < -0.4 is 10.2 Å². The van der Waals surface area contributed by atoms with E-state index in [1.165, 1.54) is 0 Å². The van der Waals surface area contributed by atoms with E-state index in [2.05, 4.69) is 10.2 Å². The number of nitrogens with zero attached hydrogens (tertiary/aromatic N) is 1. The van der Waals surface area contributed by atoms with E-state index >= 15 is 0 Å². The van der Waals surface area contributed by atoms with E-state index in [1.54, 1.807) is 12.1 Å². The van der Waals surface area contributed by atoms with Gasteiger partial charge in [0.2, 0.25) is 0 Å². The molecule has 0 aliphatic carbocycles. The molecule has 6 heteroatoms. The molecule has 1 atom stereocenters. The quantitative estimate of drug-likeness (QED) is 0.689. The fraction of sp³-hybridized carbons (Fsp3) is 0.409. The van der Waals surface area contributed by atoms with Crippen LogP contribution >= 0.6 is 11.6 Å². The summed E-state index contributed by atoms with van der Waals surface area (Å²) in [5, 5.41) is 14.5. The van der Waals surface area contributed by atoms with Crippen LogP contribution in [0.4, 0.5) is 5.69 Å². The molecule has 0 spiro atoms. The van der Waals surface area contributed by atoms with E-state index in [4.69, 9.17) is 16.3 Å². The predicted molar refractivity (Wildman–Crippen MR) is 112 cm³/mol.